The van der Waals surface area contributed by atoms with Crippen LogP contribution in [0.15, 0.2) is 71.1 Å². The number of ether oxygens (including phenoxy) is 1. The minimum atomic E-state index is -0.232. The van der Waals surface area contributed by atoms with Gasteiger partial charge in [0, 0.05) is 11.4 Å². The molecule has 168 valence electrons. The summed E-state index contributed by atoms with van der Waals surface area (Å²) < 4.78 is 7.34. The number of amides is 2. The van der Waals surface area contributed by atoms with Crippen molar-refractivity contribution in [3.63, 3.8) is 0 Å². The molecule has 1 heterocycles. The van der Waals surface area contributed by atoms with Gasteiger partial charge in [-0.05, 0) is 67.4 Å². The molecule has 6 nitrogen and oxygen atoms in total. The van der Waals surface area contributed by atoms with Gasteiger partial charge in [0.15, 0.2) is 10.9 Å². The number of hydrogen-bond donors (Lipinski definition) is 2. The molecule has 0 fully saturated rings. The summed E-state index contributed by atoms with van der Waals surface area (Å²) in [7, 11) is 0. The summed E-state index contributed by atoms with van der Waals surface area (Å²) in [5.74, 6) is 0.629. The van der Waals surface area contributed by atoms with E-state index in [9.17, 15) is 9.59 Å². The van der Waals surface area contributed by atoms with Crippen molar-refractivity contribution in [1.29, 1.82) is 0 Å². The highest BCUT2D eigenvalue weighted by atomic mass is 32.2. The summed E-state index contributed by atoms with van der Waals surface area (Å²) in [6, 6.07) is 20.7. The van der Waals surface area contributed by atoms with Crippen molar-refractivity contribution >= 4 is 56.5 Å². The van der Waals surface area contributed by atoms with Crippen LogP contribution in [0, 0.1) is 13.8 Å². The molecule has 1 aromatic heterocycles. The normalized spacial score (nSPS) is 10.7. The van der Waals surface area contributed by atoms with E-state index in [2.05, 4.69) is 15.6 Å². The van der Waals surface area contributed by atoms with E-state index in [-0.39, 0.29) is 24.2 Å². The van der Waals surface area contributed by atoms with Crippen LogP contribution in [0.1, 0.15) is 11.1 Å². The lowest BCUT2D eigenvalue weighted by Gasteiger charge is -2.09. The predicted octanol–water partition coefficient (Wildman–Crippen LogP) is 5.66. The quantitative estimate of drug-likeness (QED) is 0.320. The maximum atomic E-state index is 12.3. The fraction of sp³-hybridized carbons (Fsp3) is 0.160. The number of nitrogens with one attached hydrogen (secondary N) is 2. The van der Waals surface area contributed by atoms with Crippen LogP contribution in [0.5, 0.6) is 5.75 Å². The summed E-state index contributed by atoms with van der Waals surface area (Å²) in [6.07, 6.45) is 0. The fourth-order valence-electron chi connectivity index (χ4n) is 3.04. The zero-order chi connectivity index (χ0) is 23.2. The number of para-hydroxylation sites is 1. The smallest absolute Gasteiger partial charge is 0.262 e. The molecule has 0 spiro atoms. The third kappa shape index (κ3) is 6.34. The van der Waals surface area contributed by atoms with Gasteiger partial charge in [-0.15, -0.1) is 11.3 Å². The van der Waals surface area contributed by atoms with Crippen molar-refractivity contribution < 1.29 is 14.3 Å². The van der Waals surface area contributed by atoms with Gasteiger partial charge >= 0.3 is 0 Å². The number of carbonyl (C=O) groups is 2. The third-order valence-electron chi connectivity index (χ3n) is 4.89. The Bertz CT molecular complexity index is 1290. The number of carbonyl (C=O) groups excluding carboxylic acids is 2. The summed E-state index contributed by atoms with van der Waals surface area (Å²) in [6.45, 7) is 3.97. The number of fused-ring (bicyclic) bond motifs is 1. The maximum Gasteiger partial charge on any atom is 0.262 e. The summed E-state index contributed by atoms with van der Waals surface area (Å²) in [4.78, 5) is 29.0. The van der Waals surface area contributed by atoms with Crippen LogP contribution in [-0.4, -0.2) is 29.2 Å². The molecule has 2 amide bonds. The minimum Gasteiger partial charge on any atom is -0.484 e. The molecule has 0 atom stereocenters. The van der Waals surface area contributed by atoms with Crippen LogP contribution in [0.4, 0.5) is 11.4 Å². The Hall–Kier alpha value is -3.36. The van der Waals surface area contributed by atoms with Crippen molar-refractivity contribution in [2.45, 2.75) is 18.2 Å². The van der Waals surface area contributed by atoms with Crippen LogP contribution >= 0.6 is 23.1 Å². The molecule has 0 aliphatic heterocycles. The van der Waals surface area contributed by atoms with Gasteiger partial charge < -0.3 is 15.4 Å². The van der Waals surface area contributed by atoms with Crippen molar-refractivity contribution in [3.8, 4) is 5.75 Å². The van der Waals surface area contributed by atoms with Crippen molar-refractivity contribution in [2.75, 3.05) is 23.0 Å². The molecule has 4 rings (SSSR count). The number of rotatable bonds is 8. The Morgan fingerprint density at radius 3 is 2.48 bits per heavy atom. The predicted molar refractivity (Wildman–Crippen MR) is 135 cm³/mol. The average Bonchev–Trinajstić information content (AvgIpc) is 3.21. The first-order valence-electron chi connectivity index (χ1n) is 10.3. The molecule has 4 aromatic rings. The van der Waals surface area contributed by atoms with E-state index in [4.69, 9.17) is 4.74 Å². The minimum absolute atomic E-state index is 0.0686. The zero-order valence-electron chi connectivity index (χ0n) is 18.3. The summed E-state index contributed by atoms with van der Waals surface area (Å²) >= 11 is 2.88. The molecule has 0 aliphatic carbocycles. The standard InChI is InChI=1S/C25H23N3O3S2/c1-16-8-10-20(12-17(16)2)31-14-23(29)27-19-9-11-21-22(13-19)33-25(28-21)32-15-24(30)26-18-6-4-3-5-7-18/h3-13H,14-15H2,1-2H3,(H,26,30)(H,27,29). The second-order valence-corrected chi connectivity index (χ2v) is 9.70. The third-order valence-corrected chi connectivity index (χ3v) is 7.05. The number of hydrogen-bond acceptors (Lipinski definition) is 6. The largest absolute Gasteiger partial charge is 0.484 e. The Kier molecular flexibility index (Phi) is 7.26. The number of aromatic nitrogens is 1. The lowest BCUT2D eigenvalue weighted by atomic mass is 10.1. The summed E-state index contributed by atoms with van der Waals surface area (Å²) in [5.41, 5.74) is 4.58. The Morgan fingerprint density at radius 1 is 0.909 bits per heavy atom. The van der Waals surface area contributed by atoms with Crippen LogP contribution in [0.2, 0.25) is 0 Å². The fourth-order valence-corrected chi connectivity index (χ4v) is 4.95. The lowest BCUT2D eigenvalue weighted by Crippen LogP contribution is -2.20. The van der Waals surface area contributed by atoms with Crippen LogP contribution < -0.4 is 15.4 Å². The molecule has 0 saturated heterocycles. The van der Waals surface area contributed by atoms with E-state index in [1.165, 1.54) is 28.7 Å². The zero-order valence-corrected chi connectivity index (χ0v) is 19.9. The highest BCUT2D eigenvalue weighted by molar-refractivity contribution is 8.01. The van der Waals surface area contributed by atoms with E-state index in [0.717, 1.165) is 25.8 Å². The second-order valence-electron chi connectivity index (χ2n) is 7.45. The van der Waals surface area contributed by atoms with Gasteiger partial charge in [-0.2, -0.15) is 0 Å². The van der Waals surface area contributed by atoms with Crippen molar-refractivity contribution in [3.05, 3.63) is 77.9 Å². The first-order chi connectivity index (χ1) is 16.0. The molecule has 0 aliphatic rings. The van der Waals surface area contributed by atoms with Crippen LogP contribution in [0.3, 0.4) is 0 Å². The Morgan fingerprint density at radius 2 is 1.70 bits per heavy atom. The molecule has 3 aromatic carbocycles. The monoisotopic (exact) mass is 477 g/mol. The van der Waals surface area contributed by atoms with Crippen LogP contribution in [-0.2, 0) is 9.59 Å². The summed E-state index contributed by atoms with van der Waals surface area (Å²) in [5, 5.41) is 5.72. The molecule has 0 unspecified atom stereocenters. The topological polar surface area (TPSA) is 80.3 Å². The van der Waals surface area contributed by atoms with Crippen molar-refractivity contribution in [1.82, 2.24) is 4.98 Å². The van der Waals surface area contributed by atoms with E-state index in [0.29, 0.717) is 11.4 Å². The molecule has 0 saturated carbocycles. The first-order valence-corrected chi connectivity index (χ1v) is 12.1. The molecule has 0 bridgehead atoms. The lowest BCUT2D eigenvalue weighted by molar-refractivity contribution is -0.118. The Balaban J connectivity index is 1.31. The van der Waals surface area contributed by atoms with Gasteiger partial charge in [0.25, 0.3) is 5.91 Å². The molecular weight excluding hydrogens is 454 g/mol. The molecule has 33 heavy (non-hydrogen) atoms. The number of aryl methyl sites for hydroxylation is 2. The number of anilines is 2. The van der Waals surface area contributed by atoms with E-state index in [1.807, 2.05) is 80.6 Å². The average molecular weight is 478 g/mol. The van der Waals surface area contributed by atoms with E-state index >= 15 is 0 Å². The van der Waals surface area contributed by atoms with Gasteiger partial charge in [0.05, 0.1) is 16.0 Å². The van der Waals surface area contributed by atoms with Gasteiger partial charge in [0.1, 0.15) is 5.75 Å². The highest BCUT2D eigenvalue weighted by Gasteiger charge is 2.10. The molecular formula is C25H23N3O3S2. The SMILES string of the molecule is Cc1ccc(OCC(=O)Nc2ccc3nc(SCC(=O)Nc4ccccc4)sc3c2)cc1C. The van der Waals surface area contributed by atoms with Crippen LogP contribution in [0.25, 0.3) is 10.2 Å². The molecule has 2 N–H and O–H groups in total. The van der Waals surface area contributed by atoms with E-state index < -0.39 is 0 Å². The second kappa shape index (κ2) is 10.5. The van der Waals surface area contributed by atoms with Crippen molar-refractivity contribution in [2.24, 2.45) is 0 Å². The van der Waals surface area contributed by atoms with Gasteiger partial charge in [0.2, 0.25) is 5.91 Å². The maximum absolute atomic E-state index is 12.3. The first kappa shape index (κ1) is 22.8. The van der Waals surface area contributed by atoms with Gasteiger partial charge in [-0.3, -0.25) is 9.59 Å². The highest BCUT2D eigenvalue weighted by Crippen LogP contribution is 2.31. The molecule has 0 radical (unpaired) electrons. The number of thiazole rings is 1. The number of benzene rings is 3. The molecule has 8 heteroatoms. The Labute approximate surface area is 200 Å². The number of thioether (sulfide) groups is 1. The van der Waals surface area contributed by atoms with Gasteiger partial charge in [-0.25, -0.2) is 4.98 Å². The van der Waals surface area contributed by atoms with Gasteiger partial charge in [-0.1, -0.05) is 36.0 Å². The number of nitrogens with zero attached hydrogens (tertiary/aromatic N) is 1. The van der Waals surface area contributed by atoms with E-state index in [1.54, 1.807) is 0 Å².